The van der Waals surface area contributed by atoms with Crippen LogP contribution in [-0.2, 0) is 0 Å². The molecule has 4 nitrogen and oxygen atoms in total. The predicted molar refractivity (Wildman–Crippen MR) is 77.5 cm³/mol. The van der Waals surface area contributed by atoms with Crippen LogP contribution in [0.4, 0.5) is 5.82 Å². The fourth-order valence-corrected chi connectivity index (χ4v) is 2.60. The van der Waals surface area contributed by atoms with Gasteiger partial charge in [0.1, 0.15) is 4.99 Å². The van der Waals surface area contributed by atoms with E-state index in [-0.39, 0.29) is 0 Å². The van der Waals surface area contributed by atoms with E-state index in [4.69, 9.17) is 18.0 Å². The highest BCUT2D eigenvalue weighted by Gasteiger charge is 2.18. The molecule has 5 heteroatoms. The molecule has 0 aliphatic heterocycles. The van der Waals surface area contributed by atoms with Crippen LogP contribution in [0.25, 0.3) is 0 Å². The summed E-state index contributed by atoms with van der Waals surface area (Å²) in [6, 6.07) is 1.81. The first-order valence-corrected chi connectivity index (χ1v) is 6.93. The van der Waals surface area contributed by atoms with Crippen molar-refractivity contribution in [2.75, 3.05) is 11.9 Å². The van der Waals surface area contributed by atoms with Crippen molar-refractivity contribution in [2.45, 2.75) is 32.6 Å². The van der Waals surface area contributed by atoms with Crippen molar-refractivity contribution in [3.05, 3.63) is 17.8 Å². The summed E-state index contributed by atoms with van der Waals surface area (Å²) in [5.74, 6) is 2.32. The zero-order valence-corrected chi connectivity index (χ0v) is 11.5. The quantitative estimate of drug-likeness (QED) is 0.817. The molecule has 0 bridgehead atoms. The number of aromatic nitrogens is 2. The fraction of sp³-hybridized carbons (Fsp3) is 0.615. The molecule has 1 aromatic heterocycles. The highest BCUT2D eigenvalue weighted by atomic mass is 32.1. The summed E-state index contributed by atoms with van der Waals surface area (Å²) in [6.07, 6.45) is 6.85. The maximum absolute atomic E-state index is 5.67. The molecule has 1 saturated carbocycles. The molecule has 18 heavy (non-hydrogen) atoms. The number of nitrogens with zero attached hydrogens (tertiary/aromatic N) is 2. The molecule has 98 valence electrons. The molecule has 0 unspecified atom stereocenters. The van der Waals surface area contributed by atoms with E-state index < -0.39 is 0 Å². The van der Waals surface area contributed by atoms with Gasteiger partial charge in [-0.05, 0) is 30.7 Å². The molecule has 1 fully saturated rings. The molecular formula is C13H20N4S. The molecule has 3 N–H and O–H groups in total. The molecular weight excluding hydrogens is 244 g/mol. The van der Waals surface area contributed by atoms with E-state index in [1.807, 2.05) is 0 Å². The van der Waals surface area contributed by atoms with E-state index in [1.165, 1.54) is 25.7 Å². The van der Waals surface area contributed by atoms with Gasteiger partial charge in [0.25, 0.3) is 0 Å². The average Bonchev–Trinajstić information content (AvgIpc) is 2.38. The molecule has 0 saturated heterocycles. The normalized spacial score (nSPS) is 23.6. The summed E-state index contributed by atoms with van der Waals surface area (Å²) < 4.78 is 0. The number of hydrogen-bond donors (Lipinski definition) is 2. The first kappa shape index (κ1) is 13.2. The fourth-order valence-electron chi connectivity index (χ4n) is 2.44. The SMILES string of the molecule is CC1CCC(CNc2nnccc2C(N)=S)CC1. The van der Waals surface area contributed by atoms with E-state index in [1.54, 1.807) is 12.3 Å². The van der Waals surface area contributed by atoms with Crippen molar-refractivity contribution in [2.24, 2.45) is 17.6 Å². The van der Waals surface area contributed by atoms with E-state index in [0.29, 0.717) is 10.8 Å². The van der Waals surface area contributed by atoms with Crippen LogP contribution in [0, 0.1) is 11.8 Å². The Balaban J connectivity index is 1.92. The number of nitrogens with one attached hydrogen (secondary N) is 1. The van der Waals surface area contributed by atoms with Gasteiger partial charge in [0.05, 0.1) is 11.8 Å². The third kappa shape index (κ3) is 3.38. The summed E-state index contributed by atoms with van der Waals surface area (Å²) in [5, 5.41) is 11.3. The van der Waals surface area contributed by atoms with Gasteiger partial charge in [-0.1, -0.05) is 32.0 Å². The molecule has 1 aliphatic carbocycles. The predicted octanol–water partition coefficient (Wildman–Crippen LogP) is 2.35. The van der Waals surface area contributed by atoms with Crippen LogP contribution in [0.15, 0.2) is 12.3 Å². The number of hydrogen-bond acceptors (Lipinski definition) is 4. The summed E-state index contributed by atoms with van der Waals surface area (Å²) >= 11 is 5.01. The Morgan fingerprint density at radius 2 is 2.17 bits per heavy atom. The highest BCUT2D eigenvalue weighted by Crippen LogP contribution is 2.28. The monoisotopic (exact) mass is 264 g/mol. The van der Waals surface area contributed by atoms with E-state index >= 15 is 0 Å². The third-order valence-electron chi connectivity index (χ3n) is 3.68. The van der Waals surface area contributed by atoms with Crippen molar-refractivity contribution < 1.29 is 0 Å². The Bertz CT molecular complexity index is 413. The van der Waals surface area contributed by atoms with Crippen LogP contribution in [0.3, 0.4) is 0 Å². The number of nitrogens with two attached hydrogens (primary N) is 1. The van der Waals surface area contributed by atoms with Gasteiger partial charge in [-0.15, -0.1) is 5.10 Å². The Labute approximate surface area is 113 Å². The van der Waals surface area contributed by atoms with Crippen molar-refractivity contribution in [3.8, 4) is 0 Å². The van der Waals surface area contributed by atoms with E-state index in [0.717, 1.165) is 23.9 Å². The van der Waals surface area contributed by atoms with E-state index in [2.05, 4.69) is 22.4 Å². The largest absolute Gasteiger partial charge is 0.389 e. The molecule has 0 amide bonds. The third-order valence-corrected chi connectivity index (χ3v) is 3.90. The zero-order chi connectivity index (χ0) is 13.0. The van der Waals surface area contributed by atoms with Crippen molar-refractivity contribution in [1.82, 2.24) is 10.2 Å². The molecule has 1 aromatic rings. The van der Waals surface area contributed by atoms with Gasteiger partial charge in [0, 0.05) is 6.54 Å². The molecule has 0 aromatic carbocycles. The summed E-state index contributed by atoms with van der Waals surface area (Å²) in [6.45, 7) is 3.26. The lowest BCUT2D eigenvalue weighted by Crippen LogP contribution is -2.22. The molecule has 1 heterocycles. The summed E-state index contributed by atoms with van der Waals surface area (Å²) in [7, 11) is 0. The summed E-state index contributed by atoms with van der Waals surface area (Å²) in [4.78, 5) is 0.365. The van der Waals surface area contributed by atoms with Gasteiger partial charge in [0.2, 0.25) is 0 Å². The number of thiocarbonyl (C=S) groups is 1. The lowest BCUT2D eigenvalue weighted by molar-refractivity contribution is 0.300. The minimum atomic E-state index is 0.365. The molecule has 1 aliphatic rings. The van der Waals surface area contributed by atoms with Crippen LogP contribution < -0.4 is 11.1 Å². The Kier molecular flexibility index (Phi) is 4.47. The average molecular weight is 264 g/mol. The second-order valence-corrected chi connectivity index (χ2v) is 5.60. The highest BCUT2D eigenvalue weighted by molar-refractivity contribution is 7.80. The van der Waals surface area contributed by atoms with Crippen LogP contribution >= 0.6 is 12.2 Å². The molecule has 0 atom stereocenters. The van der Waals surface area contributed by atoms with Gasteiger partial charge >= 0.3 is 0 Å². The van der Waals surface area contributed by atoms with Gasteiger partial charge in [-0.25, -0.2) is 0 Å². The van der Waals surface area contributed by atoms with Crippen LogP contribution in [-0.4, -0.2) is 21.7 Å². The van der Waals surface area contributed by atoms with E-state index in [9.17, 15) is 0 Å². The van der Waals surface area contributed by atoms with Gasteiger partial charge in [-0.3, -0.25) is 0 Å². The maximum atomic E-state index is 5.67. The topological polar surface area (TPSA) is 63.8 Å². The smallest absolute Gasteiger partial charge is 0.158 e. The minimum absolute atomic E-state index is 0.365. The van der Waals surface area contributed by atoms with Crippen LogP contribution in [0.5, 0.6) is 0 Å². The Hall–Kier alpha value is -1.23. The first-order chi connectivity index (χ1) is 8.66. The lowest BCUT2D eigenvalue weighted by atomic mass is 9.83. The van der Waals surface area contributed by atoms with Crippen molar-refractivity contribution >= 4 is 23.0 Å². The van der Waals surface area contributed by atoms with Crippen molar-refractivity contribution in [1.29, 1.82) is 0 Å². The number of rotatable bonds is 4. The lowest BCUT2D eigenvalue weighted by Gasteiger charge is -2.26. The Morgan fingerprint density at radius 3 is 2.83 bits per heavy atom. The zero-order valence-electron chi connectivity index (χ0n) is 10.7. The summed E-state index contributed by atoms with van der Waals surface area (Å²) in [5.41, 5.74) is 6.45. The Morgan fingerprint density at radius 1 is 1.44 bits per heavy atom. The molecule has 0 spiro atoms. The second kappa shape index (κ2) is 6.09. The van der Waals surface area contributed by atoms with Crippen LogP contribution in [0.2, 0.25) is 0 Å². The van der Waals surface area contributed by atoms with Gasteiger partial charge in [0.15, 0.2) is 5.82 Å². The molecule has 0 radical (unpaired) electrons. The van der Waals surface area contributed by atoms with Gasteiger partial charge in [-0.2, -0.15) is 5.10 Å². The number of anilines is 1. The van der Waals surface area contributed by atoms with Gasteiger partial charge < -0.3 is 11.1 Å². The molecule has 2 rings (SSSR count). The minimum Gasteiger partial charge on any atom is -0.389 e. The van der Waals surface area contributed by atoms with Crippen LogP contribution in [0.1, 0.15) is 38.2 Å². The first-order valence-electron chi connectivity index (χ1n) is 6.52. The maximum Gasteiger partial charge on any atom is 0.158 e. The van der Waals surface area contributed by atoms with Crippen molar-refractivity contribution in [3.63, 3.8) is 0 Å². The standard InChI is InChI=1S/C13H20N4S/c1-9-2-4-10(5-3-9)8-15-13-11(12(14)18)6-7-16-17-13/h6-7,9-10H,2-5,8H2,1H3,(H2,14,18)(H,15,17). The second-order valence-electron chi connectivity index (χ2n) is 5.16.